The molecule has 3 aromatic rings. The van der Waals surface area contributed by atoms with E-state index in [1.807, 2.05) is 6.92 Å². The van der Waals surface area contributed by atoms with Crippen LogP contribution in [0.25, 0.3) is 11.3 Å². The van der Waals surface area contributed by atoms with Gasteiger partial charge >= 0.3 is 0 Å². The van der Waals surface area contributed by atoms with Crippen LogP contribution in [0.15, 0.2) is 53.3 Å². The van der Waals surface area contributed by atoms with Crippen LogP contribution >= 0.6 is 0 Å². The Morgan fingerprint density at radius 3 is 2.38 bits per heavy atom. The molecule has 2 aromatic carbocycles. The molecule has 2 amide bonds. The quantitative estimate of drug-likeness (QED) is 0.611. The normalized spacial score (nSPS) is 10.8. The number of nitrogens with one attached hydrogen (secondary N) is 2. The largest absolute Gasteiger partial charge is 0.326 e. The van der Waals surface area contributed by atoms with E-state index >= 15 is 0 Å². The fourth-order valence-electron chi connectivity index (χ4n) is 2.84. The average molecular weight is 440 g/mol. The first kappa shape index (κ1) is 22.8. The predicted molar refractivity (Wildman–Crippen MR) is 117 cm³/mol. The molecule has 9 heteroatoms. The van der Waals surface area contributed by atoms with Gasteiger partial charge in [0.05, 0.1) is 5.69 Å². The number of carbonyl (C=O) groups is 2. The van der Waals surface area contributed by atoms with Crippen LogP contribution in [0, 0.1) is 24.5 Å². The van der Waals surface area contributed by atoms with Gasteiger partial charge in [-0.15, -0.1) is 0 Å². The summed E-state index contributed by atoms with van der Waals surface area (Å²) in [5, 5.41) is 9.17. The van der Waals surface area contributed by atoms with Crippen molar-refractivity contribution in [3.05, 3.63) is 76.1 Å². The van der Waals surface area contributed by atoms with E-state index in [9.17, 15) is 23.2 Å². The van der Waals surface area contributed by atoms with Crippen molar-refractivity contribution in [2.24, 2.45) is 5.92 Å². The molecule has 0 aliphatic heterocycles. The highest BCUT2D eigenvalue weighted by Gasteiger charge is 2.15. The van der Waals surface area contributed by atoms with Gasteiger partial charge in [0.2, 0.25) is 11.8 Å². The molecular weight excluding hydrogens is 418 g/mol. The third-order valence-corrected chi connectivity index (χ3v) is 4.70. The van der Waals surface area contributed by atoms with Crippen LogP contribution in [-0.2, 0) is 16.1 Å². The summed E-state index contributed by atoms with van der Waals surface area (Å²) in [5.41, 5.74) is 1.30. The van der Waals surface area contributed by atoms with Crippen LogP contribution in [0.3, 0.4) is 0 Å². The number of hydrogen-bond acceptors (Lipinski definition) is 4. The molecule has 2 N–H and O–H groups in total. The number of aromatic nitrogens is 2. The lowest BCUT2D eigenvalue weighted by Gasteiger charge is -2.13. The number of anilines is 2. The number of para-hydroxylation sites is 1. The number of hydrogen-bond donors (Lipinski definition) is 2. The second-order valence-corrected chi connectivity index (χ2v) is 7.53. The van der Waals surface area contributed by atoms with Crippen molar-refractivity contribution < 1.29 is 18.4 Å². The molecule has 0 atom stereocenters. The maximum atomic E-state index is 13.8. The minimum Gasteiger partial charge on any atom is -0.326 e. The van der Waals surface area contributed by atoms with Gasteiger partial charge in [0.25, 0.3) is 5.56 Å². The lowest BCUT2D eigenvalue weighted by molar-refractivity contribution is -0.119. The number of rotatable bonds is 6. The summed E-state index contributed by atoms with van der Waals surface area (Å²) in [6.45, 7) is 4.87. The Balaban J connectivity index is 1.85. The fourth-order valence-corrected chi connectivity index (χ4v) is 2.84. The zero-order valence-electron chi connectivity index (χ0n) is 17.8. The Morgan fingerprint density at radius 2 is 1.72 bits per heavy atom. The topological polar surface area (TPSA) is 93.1 Å². The first-order valence-corrected chi connectivity index (χ1v) is 9.89. The summed E-state index contributed by atoms with van der Waals surface area (Å²) in [6, 6.07) is 11.2. The zero-order chi connectivity index (χ0) is 23.4. The maximum Gasteiger partial charge on any atom is 0.267 e. The van der Waals surface area contributed by atoms with Crippen LogP contribution in [0.1, 0.15) is 19.4 Å². The smallest absolute Gasteiger partial charge is 0.267 e. The van der Waals surface area contributed by atoms with Crippen LogP contribution in [0.2, 0.25) is 0 Å². The van der Waals surface area contributed by atoms with Crippen molar-refractivity contribution in [2.45, 2.75) is 27.3 Å². The average Bonchev–Trinajstić information content (AvgIpc) is 2.74. The second kappa shape index (κ2) is 9.51. The predicted octanol–water partition coefficient (Wildman–Crippen LogP) is 3.73. The molecule has 0 saturated heterocycles. The van der Waals surface area contributed by atoms with Crippen LogP contribution in [0.4, 0.5) is 20.2 Å². The number of halogens is 2. The van der Waals surface area contributed by atoms with Gasteiger partial charge in [0, 0.05) is 23.2 Å². The van der Waals surface area contributed by atoms with E-state index in [0.717, 1.165) is 22.4 Å². The van der Waals surface area contributed by atoms with Gasteiger partial charge in [-0.3, -0.25) is 14.4 Å². The molecule has 0 aliphatic rings. The van der Waals surface area contributed by atoms with Crippen molar-refractivity contribution >= 4 is 23.2 Å². The summed E-state index contributed by atoms with van der Waals surface area (Å²) < 4.78 is 28.4. The van der Waals surface area contributed by atoms with Crippen molar-refractivity contribution in [3.8, 4) is 11.3 Å². The van der Waals surface area contributed by atoms with Gasteiger partial charge in [-0.2, -0.15) is 5.10 Å². The van der Waals surface area contributed by atoms with Crippen molar-refractivity contribution in [3.63, 3.8) is 0 Å². The SMILES string of the molecule is Cc1ccc(-c2ccc(=O)n(CC(=O)Nc3c(F)cccc3F)n2)cc1NC(=O)C(C)C. The molecular formula is C23H22F2N4O3. The van der Waals surface area contributed by atoms with Gasteiger partial charge in [0.1, 0.15) is 23.9 Å². The molecule has 1 heterocycles. The van der Waals surface area contributed by atoms with Gasteiger partial charge < -0.3 is 10.6 Å². The lowest BCUT2D eigenvalue weighted by atomic mass is 10.1. The summed E-state index contributed by atoms with van der Waals surface area (Å²) in [6.07, 6.45) is 0. The van der Waals surface area contributed by atoms with E-state index in [2.05, 4.69) is 15.7 Å². The monoisotopic (exact) mass is 440 g/mol. The fraction of sp³-hybridized carbons (Fsp3) is 0.217. The van der Waals surface area contributed by atoms with Gasteiger partial charge in [0.15, 0.2) is 0 Å². The van der Waals surface area contributed by atoms with E-state index in [1.165, 1.54) is 18.2 Å². The number of amides is 2. The van der Waals surface area contributed by atoms with Crippen LogP contribution < -0.4 is 16.2 Å². The van der Waals surface area contributed by atoms with Gasteiger partial charge in [-0.05, 0) is 36.8 Å². The Bertz CT molecular complexity index is 1220. The first-order chi connectivity index (χ1) is 15.2. The molecule has 1 aromatic heterocycles. The molecule has 0 unspecified atom stereocenters. The molecule has 166 valence electrons. The summed E-state index contributed by atoms with van der Waals surface area (Å²) >= 11 is 0. The lowest BCUT2D eigenvalue weighted by Crippen LogP contribution is -2.29. The van der Waals surface area contributed by atoms with E-state index in [4.69, 9.17) is 0 Å². The summed E-state index contributed by atoms with van der Waals surface area (Å²) in [5.74, 6) is -3.00. The van der Waals surface area contributed by atoms with E-state index in [-0.39, 0.29) is 11.8 Å². The van der Waals surface area contributed by atoms with Crippen LogP contribution in [0.5, 0.6) is 0 Å². The van der Waals surface area contributed by atoms with Crippen molar-refractivity contribution in [1.82, 2.24) is 9.78 Å². The third kappa shape index (κ3) is 5.23. The third-order valence-electron chi connectivity index (χ3n) is 4.70. The van der Waals surface area contributed by atoms with Crippen molar-refractivity contribution in [2.75, 3.05) is 10.6 Å². The van der Waals surface area contributed by atoms with Crippen molar-refractivity contribution in [1.29, 1.82) is 0 Å². The zero-order valence-corrected chi connectivity index (χ0v) is 17.8. The highest BCUT2D eigenvalue weighted by molar-refractivity contribution is 5.93. The summed E-state index contributed by atoms with van der Waals surface area (Å²) in [7, 11) is 0. The van der Waals surface area contributed by atoms with Crippen LogP contribution in [-0.4, -0.2) is 21.6 Å². The minimum atomic E-state index is -0.928. The molecule has 0 saturated carbocycles. The highest BCUT2D eigenvalue weighted by atomic mass is 19.1. The highest BCUT2D eigenvalue weighted by Crippen LogP contribution is 2.24. The molecule has 0 fully saturated rings. The molecule has 7 nitrogen and oxygen atoms in total. The number of carbonyl (C=O) groups excluding carboxylic acids is 2. The Kier molecular flexibility index (Phi) is 6.77. The Morgan fingerprint density at radius 1 is 1.03 bits per heavy atom. The molecule has 0 radical (unpaired) electrons. The molecule has 3 rings (SSSR count). The molecule has 0 aliphatic carbocycles. The number of nitrogens with zero attached hydrogens (tertiary/aromatic N) is 2. The number of aryl methyl sites for hydroxylation is 1. The molecule has 0 bridgehead atoms. The number of benzene rings is 2. The first-order valence-electron chi connectivity index (χ1n) is 9.89. The minimum absolute atomic E-state index is 0.139. The summed E-state index contributed by atoms with van der Waals surface area (Å²) in [4.78, 5) is 36.5. The molecule has 0 spiro atoms. The molecule has 32 heavy (non-hydrogen) atoms. The standard InChI is InChI=1S/C23H22F2N4O3/c1-13(2)23(32)26-19-11-15(8-7-14(19)3)18-9-10-21(31)29(28-18)12-20(30)27-22-16(24)5-4-6-17(22)25/h4-11,13H,12H2,1-3H3,(H,26,32)(H,27,30). The van der Waals surface area contributed by atoms with Gasteiger partial charge in [-0.1, -0.05) is 32.0 Å². The van der Waals surface area contributed by atoms with E-state index in [0.29, 0.717) is 16.9 Å². The van der Waals surface area contributed by atoms with E-state index < -0.39 is 35.3 Å². The second-order valence-electron chi connectivity index (χ2n) is 7.53. The van der Waals surface area contributed by atoms with E-state index in [1.54, 1.807) is 32.0 Å². The van der Waals surface area contributed by atoms with Gasteiger partial charge in [-0.25, -0.2) is 13.5 Å². The maximum absolute atomic E-state index is 13.8. The Hall–Kier alpha value is -3.88. The Labute approximate surface area is 183 Å².